The molecule has 0 saturated heterocycles. The quantitative estimate of drug-likeness (QED) is 0.921. The highest BCUT2D eigenvalue weighted by molar-refractivity contribution is 9.10. The maximum absolute atomic E-state index is 10.2. The molecule has 3 heteroatoms. The summed E-state index contributed by atoms with van der Waals surface area (Å²) >= 11 is 3.42. The van der Waals surface area contributed by atoms with Crippen molar-refractivity contribution >= 4 is 15.9 Å². The molecule has 1 fully saturated rings. The fourth-order valence-electron chi connectivity index (χ4n) is 2.16. The molecule has 1 aliphatic rings. The second-order valence-corrected chi connectivity index (χ2v) is 5.55. The smallest absolute Gasteiger partial charge is 0.122 e. The third-order valence-corrected chi connectivity index (χ3v) is 3.66. The summed E-state index contributed by atoms with van der Waals surface area (Å²) in [6, 6.07) is 5.92. The highest BCUT2D eigenvalue weighted by atomic mass is 79.9. The zero-order valence-corrected chi connectivity index (χ0v) is 11.1. The van der Waals surface area contributed by atoms with Crippen LogP contribution in [0, 0.1) is 6.92 Å². The minimum Gasteiger partial charge on any atom is -0.490 e. The van der Waals surface area contributed by atoms with Crippen molar-refractivity contribution in [2.24, 2.45) is 0 Å². The second-order valence-electron chi connectivity index (χ2n) is 4.63. The average Bonchev–Trinajstić information content (AvgIpc) is 2.64. The summed E-state index contributed by atoms with van der Waals surface area (Å²) in [5.74, 6) is 0.864. The molecular formula is C13H17BrO2. The van der Waals surface area contributed by atoms with E-state index in [0.717, 1.165) is 41.5 Å². The first-order valence-electron chi connectivity index (χ1n) is 5.70. The molecule has 1 aromatic rings. The van der Waals surface area contributed by atoms with Crippen LogP contribution in [0.25, 0.3) is 0 Å². The fourth-order valence-corrected chi connectivity index (χ4v) is 2.64. The molecule has 0 amide bonds. The van der Waals surface area contributed by atoms with E-state index in [1.165, 1.54) is 0 Å². The van der Waals surface area contributed by atoms with Gasteiger partial charge in [-0.2, -0.15) is 0 Å². The van der Waals surface area contributed by atoms with Crippen molar-refractivity contribution in [2.45, 2.75) is 38.2 Å². The van der Waals surface area contributed by atoms with Crippen LogP contribution in [0.5, 0.6) is 5.75 Å². The molecule has 0 aliphatic heterocycles. The Labute approximate surface area is 105 Å². The molecule has 0 atom stereocenters. The normalized spacial score (nSPS) is 18.7. The van der Waals surface area contributed by atoms with Gasteiger partial charge in [0.15, 0.2) is 0 Å². The number of aryl methyl sites for hydroxylation is 1. The first-order chi connectivity index (χ1) is 7.59. The van der Waals surface area contributed by atoms with Gasteiger partial charge in [0.2, 0.25) is 0 Å². The first kappa shape index (κ1) is 11.9. The summed E-state index contributed by atoms with van der Waals surface area (Å²) in [7, 11) is 0. The Kier molecular flexibility index (Phi) is 3.55. The van der Waals surface area contributed by atoms with Gasteiger partial charge in [-0.3, -0.25) is 0 Å². The molecule has 0 radical (unpaired) electrons. The van der Waals surface area contributed by atoms with Crippen LogP contribution in [0.2, 0.25) is 0 Å². The molecule has 0 bridgehead atoms. The van der Waals surface area contributed by atoms with Crippen molar-refractivity contribution in [3.05, 3.63) is 28.2 Å². The molecule has 0 unspecified atom stereocenters. The van der Waals surface area contributed by atoms with E-state index >= 15 is 0 Å². The van der Waals surface area contributed by atoms with E-state index in [9.17, 15) is 5.11 Å². The molecule has 2 rings (SSSR count). The number of rotatable bonds is 3. The van der Waals surface area contributed by atoms with Crippen LogP contribution in [0.4, 0.5) is 0 Å². The lowest BCUT2D eigenvalue weighted by molar-refractivity contribution is 0.00122. The molecule has 88 valence electrons. The molecular weight excluding hydrogens is 268 g/mol. The Morgan fingerprint density at radius 1 is 1.38 bits per heavy atom. The summed E-state index contributed by atoms with van der Waals surface area (Å²) in [5.41, 5.74) is 0.496. The van der Waals surface area contributed by atoms with E-state index in [1.54, 1.807) is 0 Å². The summed E-state index contributed by atoms with van der Waals surface area (Å²) in [5, 5.41) is 10.2. The predicted molar refractivity (Wildman–Crippen MR) is 67.8 cm³/mol. The molecule has 0 heterocycles. The molecule has 1 N–H and O–H groups in total. The lowest BCUT2D eigenvalue weighted by Crippen LogP contribution is -2.32. The van der Waals surface area contributed by atoms with Crippen LogP contribution in [-0.4, -0.2) is 17.3 Å². The SMILES string of the molecule is Cc1cc(Br)ccc1OCC1(O)CCCC1. The van der Waals surface area contributed by atoms with Gasteiger partial charge in [-0.15, -0.1) is 0 Å². The van der Waals surface area contributed by atoms with Crippen molar-refractivity contribution in [2.75, 3.05) is 6.61 Å². The van der Waals surface area contributed by atoms with Gasteiger partial charge in [-0.05, 0) is 43.5 Å². The van der Waals surface area contributed by atoms with Crippen LogP contribution >= 0.6 is 15.9 Å². The fraction of sp³-hybridized carbons (Fsp3) is 0.538. The Morgan fingerprint density at radius 3 is 2.69 bits per heavy atom. The lowest BCUT2D eigenvalue weighted by Gasteiger charge is -2.22. The van der Waals surface area contributed by atoms with E-state index in [2.05, 4.69) is 15.9 Å². The maximum atomic E-state index is 10.2. The topological polar surface area (TPSA) is 29.5 Å². The molecule has 1 aromatic carbocycles. The minimum absolute atomic E-state index is 0.412. The number of hydrogen-bond donors (Lipinski definition) is 1. The molecule has 16 heavy (non-hydrogen) atoms. The average molecular weight is 285 g/mol. The van der Waals surface area contributed by atoms with Gasteiger partial charge in [-0.1, -0.05) is 28.8 Å². The standard InChI is InChI=1S/C13H17BrO2/c1-10-8-11(14)4-5-12(10)16-9-13(15)6-2-3-7-13/h4-5,8,15H,2-3,6-7,9H2,1H3. The zero-order chi connectivity index (χ0) is 11.6. The van der Waals surface area contributed by atoms with E-state index in [4.69, 9.17) is 4.74 Å². The maximum Gasteiger partial charge on any atom is 0.122 e. The largest absolute Gasteiger partial charge is 0.490 e. The minimum atomic E-state index is -0.598. The van der Waals surface area contributed by atoms with Gasteiger partial charge in [0.1, 0.15) is 12.4 Å². The summed E-state index contributed by atoms with van der Waals surface area (Å²) in [4.78, 5) is 0. The highest BCUT2D eigenvalue weighted by Crippen LogP contribution is 2.31. The molecule has 0 spiro atoms. The monoisotopic (exact) mass is 284 g/mol. The molecule has 0 aromatic heterocycles. The second kappa shape index (κ2) is 4.76. The van der Waals surface area contributed by atoms with Crippen LogP contribution in [0.3, 0.4) is 0 Å². The van der Waals surface area contributed by atoms with Crippen LogP contribution < -0.4 is 4.74 Å². The van der Waals surface area contributed by atoms with Crippen LogP contribution in [-0.2, 0) is 0 Å². The Balaban J connectivity index is 1.99. The van der Waals surface area contributed by atoms with Gasteiger partial charge < -0.3 is 9.84 Å². The summed E-state index contributed by atoms with van der Waals surface area (Å²) in [6.07, 6.45) is 3.95. The van der Waals surface area contributed by atoms with Crippen molar-refractivity contribution < 1.29 is 9.84 Å². The summed E-state index contributed by atoms with van der Waals surface area (Å²) in [6.45, 7) is 2.42. The van der Waals surface area contributed by atoms with E-state index in [1.807, 2.05) is 25.1 Å². The van der Waals surface area contributed by atoms with Gasteiger partial charge in [-0.25, -0.2) is 0 Å². The van der Waals surface area contributed by atoms with Crippen molar-refractivity contribution in [3.63, 3.8) is 0 Å². The highest BCUT2D eigenvalue weighted by Gasteiger charge is 2.31. The van der Waals surface area contributed by atoms with E-state index < -0.39 is 5.60 Å². The van der Waals surface area contributed by atoms with Crippen LogP contribution in [0.15, 0.2) is 22.7 Å². The summed E-state index contributed by atoms with van der Waals surface area (Å²) < 4.78 is 6.76. The van der Waals surface area contributed by atoms with Gasteiger partial charge in [0.05, 0.1) is 5.60 Å². The van der Waals surface area contributed by atoms with Gasteiger partial charge in [0, 0.05) is 4.47 Å². The number of aliphatic hydroxyl groups is 1. The Hall–Kier alpha value is -0.540. The van der Waals surface area contributed by atoms with E-state index in [-0.39, 0.29) is 0 Å². The lowest BCUT2D eigenvalue weighted by atomic mass is 10.0. The first-order valence-corrected chi connectivity index (χ1v) is 6.50. The number of benzene rings is 1. The molecule has 2 nitrogen and oxygen atoms in total. The van der Waals surface area contributed by atoms with Crippen molar-refractivity contribution in [1.82, 2.24) is 0 Å². The van der Waals surface area contributed by atoms with Crippen molar-refractivity contribution in [3.8, 4) is 5.75 Å². The van der Waals surface area contributed by atoms with Gasteiger partial charge >= 0.3 is 0 Å². The number of hydrogen-bond acceptors (Lipinski definition) is 2. The third kappa shape index (κ3) is 2.77. The van der Waals surface area contributed by atoms with Crippen LogP contribution in [0.1, 0.15) is 31.2 Å². The number of ether oxygens (including phenoxy) is 1. The zero-order valence-electron chi connectivity index (χ0n) is 9.50. The van der Waals surface area contributed by atoms with Gasteiger partial charge in [0.25, 0.3) is 0 Å². The Bertz CT molecular complexity index is 370. The molecule has 1 saturated carbocycles. The predicted octanol–water partition coefficient (Wildman–Crippen LogP) is 3.44. The third-order valence-electron chi connectivity index (χ3n) is 3.17. The number of halogens is 1. The molecule has 1 aliphatic carbocycles. The van der Waals surface area contributed by atoms with E-state index in [0.29, 0.717) is 6.61 Å². The van der Waals surface area contributed by atoms with Crippen molar-refractivity contribution in [1.29, 1.82) is 0 Å². The Morgan fingerprint density at radius 2 is 2.06 bits per heavy atom.